The van der Waals surface area contributed by atoms with Crippen LogP contribution in [0.3, 0.4) is 0 Å². The molecule has 160 valence electrons. The van der Waals surface area contributed by atoms with Gasteiger partial charge in [0.2, 0.25) is 0 Å². The number of aliphatic imine (C=N–C) groups is 1. The minimum atomic E-state index is 0. The molecular weight excluding hydrogens is 493 g/mol. The lowest BCUT2D eigenvalue weighted by molar-refractivity contribution is 0.148. The van der Waals surface area contributed by atoms with Gasteiger partial charge >= 0.3 is 0 Å². The van der Waals surface area contributed by atoms with Crippen molar-refractivity contribution in [1.29, 1.82) is 0 Å². The number of hydrogen-bond donors (Lipinski definition) is 2. The van der Waals surface area contributed by atoms with Crippen LogP contribution < -0.4 is 10.6 Å². The molecule has 1 atom stereocenters. The van der Waals surface area contributed by atoms with Crippen LogP contribution in [-0.4, -0.2) is 62.6 Å². The lowest BCUT2D eigenvalue weighted by atomic mass is 10.1. The Bertz CT molecular complexity index is 724. The van der Waals surface area contributed by atoms with E-state index < -0.39 is 0 Å². The van der Waals surface area contributed by atoms with Crippen LogP contribution in [0.4, 0.5) is 0 Å². The maximum atomic E-state index is 4.34. The van der Waals surface area contributed by atoms with Gasteiger partial charge in [0.1, 0.15) is 0 Å². The molecule has 1 aromatic heterocycles. The number of rotatable bonds is 7. The molecule has 2 aromatic rings. The number of guanidine groups is 1. The third-order valence-corrected chi connectivity index (χ3v) is 6.42. The van der Waals surface area contributed by atoms with E-state index in [0.717, 1.165) is 38.7 Å². The van der Waals surface area contributed by atoms with Gasteiger partial charge in [-0.2, -0.15) is 0 Å². The van der Waals surface area contributed by atoms with E-state index in [1.807, 2.05) is 18.4 Å². The fourth-order valence-corrected chi connectivity index (χ4v) is 4.14. The molecule has 29 heavy (non-hydrogen) atoms. The van der Waals surface area contributed by atoms with Crippen LogP contribution in [0.2, 0.25) is 0 Å². The normalized spacial score (nSPS) is 16.9. The summed E-state index contributed by atoms with van der Waals surface area (Å²) in [5.74, 6) is 1.33. The molecule has 2 N–H and O–H groups in total. The predicted octanol–water partition coefficient (Wildman–Crippen LogP) is 3.58. The Morgan fingerprint density at radius 2 is 1.76 bits per heavy atom. The van der Waals surface area contributed by atoms with Gasteiger partial charge in [0.15, 0.2) is 5.96 Å². The van der Waals surface area contributed by atoms with Gasteiger partial charge in [0, 0.05) is 63.7 Å². The summed E-state index contributed by atoms with van der Waals surface area (Å²) in [6.07, 6.45) is 0. The first-order valence-electron chi connectivity index (χ1n) is 10.1. The van der Waals surface area contributed by atoms with E-state index in [1.54, 1.807) is 0 Å². The zero-order chi connectivity index (χ0) is 19.8. The highest BCUT2D eigenvalue weighted by Crippen LogP contribution is 2.19. The maximum Gasteiger partial charge on any atom is 0.191 e. The first kappa shape index (κ1) is 24.1. The van der Waals surface area contributed by atoms with E-state index in [9.17, 15) is 0 Å². The minimum absolute atomic E-state index is 0. The summed E-state index contributed by atoms with van der Waals surface area (Å²) in [5, 5.41) is 8.98. The Morgan fingerprint density at radius 1 is 1.07 bits per heavy atom. The Labute approximate surface area is 196 Å². The maximum absolute atomic E-state index is 4.34. The third-order valence-electron chi connectivity index (χ3n) is 5.31. The van der Waals surface area contributed by atoms with Crippen LogP contribution in [0, 0.1) is 0 Å². The average molecular weight is 528 g/mol. The van der Waals surface area contributed by atoms with Crippen molar-refractivity contribution < 1.29 is 0 Å². The van der Waals surface area contributed by atoms with E-state index in [2.05, 4.69) is 81.2 Å². The molecule has 0 spiro atoms. The van der Waals surface area contributed by atoms with Crippen molar-refractivity contribution in [1.82, 2.24) is 20.4 Å². The fourth-order valence-electron chi connectivity index (χ4n) is 3.36. The summed E-state index contributed by atoms with van der Waals surface area (Å²) >= 11 is 1.81. The summed E-state index contributed by atoms with van der Waals surface area (Å²) in [6.45, 7) is 9.60. The SMILES string of the molecule is CN=C(NCc1ccc(CN2CCN(C)CC2)cc1)NCC(C)c1cccs1.I. The Kier molecular flexibility index (Phi) is 10.4. The molecule has 1 saturated heterocycles. The molecule has 1 aliphatic heterocycles. The number of nitrogens with one attached hydrogen (secondary N) is 2. The van der Waals surface area contributed by atoms with Gasteiger partial charge in [-0.1, -0.05) is 37.3 Å². The zero-order valence-corrected chi connectivity index (χ0v) is 20.9. The summed E-state index contributed by atoms with van der Waals surface area (Å²) in [6, 6.07) is 13.3. The molecule has 0 aliphatic carbocycles. The average Bonchev–Trinajstić information content (AvgIpc) is 3.26. The van der Waals surface area contributed by atoms with Gasteiger partial charge in [-0.25, -0.2) is 0 Å². The topological polar surface area (TPSA) is 42.9 Å². The van der Waals surface area contributed by atoms with Crippen LogP contribution >= 0.6 is 35.3 Å². The molecule has 5 nitrogen and oxygen atoms in total. The van der Waals surface area contributed by atoms with Crippen LogP contribution in [0.15, 0.2) is 46.8 Å². The molecule has 2 heterocycles. The number of likely N-dealkylation sites (N-methyl/N-ethyl adjacent to an activating group) is 1. The summed E-state index contributed by atoms with van der Waals surface area (Å²) in [4.78, 5) is 10.7. The van der Waals surface area contributed by atoms with Crippen LogP contribution in [0.5, 0.6) is 0 Å². The summed E-state index contributed by atoms with van der Waals surface area (Å²) in [7, 11) is 4.02. The van der Waals surface area contributed by atoms with Crippen LogP contribution in [0.1, 0.15) is 28.8 Å². The summed E-state index contributed by atoms with van der Waals surface area (Å²) < 4.78 is 0. The highest BCUT2D eigenvalue weighted by Gasteiger charge is 2.13. The lowest BCUT2D eigenvalue weighted by Crippen LogP contribution is -2.43. The van der Waals surface area contributed by atoms with Crippen LogP contribution in [0.25, 0.3) is 0 Å². The minimum Gasteiger partial charge on any atom is -0.356 e. The molecule has 1 fully saturated rings. The number of halogens is 1. The molecule has 1 aromatic carbocycles. The van der Waals surface area contributed by atoms with Crippen molar-refractivity contribution in [3.05, 3.63) is 57.8 Å². The quantitative estimate of drug-likeness (QED) is 0.328. The molecular formula is C22H34IN5S. The number of piperazine rings is 1. The largest absolute Gasteiger partial charge is 0.356 e. The van der Waals surface area contributed by atoms with E-state index in [0.29, 0.717) is 5.92 Å². The number of nitrogens with zero attached hydrogens (tertiary/aromatic N) is 3. The Hall–Kier alpha value is -1.16. The van der Waals surface area contributed by atoms with Crippen molar-refractivity contribution >= 4 is 41.3 Å². The lowest BCUT2D eigenvalue weighted by Gasteiger charge is -2.32. The Balaban J connectivity index is 0.00000300. The first-order valence-corrected chi connectivity index (χ1v) is 11.0. The number of hydrogen-bond acceptors (Lipinski definition) is 4. The molecule has 3 rings (SSSR count). The predicted molar refractivity (Wildman–Crippen MR) is 136 cm³/mol. The van der Waals surface area contributed by atoms with Gasteiger partial charge in [-0.3, -0.25) is 9.89 Å². The second-order valence-corrected chi connectivity index (χ2v) is 8.60. The summed E-state index contributed by atoms with van der Waals surface area (Å²) in [5.41, 5.74) is 2.66. The van der Waals surface area contributed by atoms with Crippen molar-refractivity contribution in [2.24, 2.45) is 4.99 Å². The van der Waals surface area contributed by atoms with Gasteiger partial charge < -0.3 is 15.5 Å². The zero-order valence-electron chi connectivity index (χ0n) is 17.7. The highest BCUT2D eigenvalue weighted by molar-refractivity contribution is 14.0. The number of thiophene rings is 1. The van der Waals surface area contributed by atoms with Crippen molar-refractivity contribution in [3.8, 4) is 0 Å². The fraction of sp³-hybridized carbons (Fsp3) is 0.500. The van der Waals surface area contributed by atoms with Crippen LogP contribution in [-0.2, 0) is 13.1 Å². The standard InChI is InChI=1S/C22H33N5S.HI/c1-18(21-5-4-14-28-21)15-24-22(23-2)25-16-19-6-8-20(9-7-19)17-27-12-10-26(3)11-13-27;/h4-9,14,18H,10-13,15-17H2,1-3H3,(H2,23,24,25);1H. The molecule has 0 radical (unpaired) electrons. The van der Waals surface area contributed by atoms with E-state index in [-0.39, 0.29) is 24.0 Å². The van der Waals surface area contributed by atoms with Crippen molar-refractivity contribution in [3.63, 3.8) is 0 Å². The second kappa shape index (κ2) is 12.5. The highest BCUT2D eigenvalue weighted by atomic mass is 127. The molecule has 7 heteroatoms. The van der Waals surface area contributed by atoms with Crippen molar-refractivity contribution in [2.45, 2.75) is 25.9 Å². The first-order chi connectivity index (χ1) is 13.6. The van der Waals surface area contributed by atoms with Crippen molar-refractivity contribution in [2.75, 3.05) is 46.8 Å². The van der Waals surface area contributed by atoms with Gasteiger partial charge in [0.25, 0.3) is 0 Å². The Morgan fingerprint density at radius 3 is 2.38 bits per heavy atom. The third kappa shape index (κ3) is 7.88. The molecule has 0 saturated carbocycles. The van der Waals surface area contributed by atoms with Gasteiger partial charge in [0.05, 0.1) is 0 Å². The molecule has 1 unspecified atom stereocenters. The molecule has 0 bridgehead atoms. The van der Waals surface area contributed by atoms with E-state index in [4.69, 9.17) is 0 Å². The van der Waals surface area contributed by atoms with Gasteiger partial charge in [-0.15, -0.1) is 35.3 Å². The molecule has 0 amide bonds. The second-order valence-electron chi connectivity index (χ2n) is 7.62. The smallest absolute Gasteiger partial charge is 0.191 e. The van der Waals surface area contributed by atoms with Gasteiger partial charge in [-0.05, 0) is 29.6 Å². The van der Waals surface area contributed by atoms with E-state index in [1.165, 1.54) is 29.1 Å². The van der Waals surface area contributed by atoms with E-state index >= 15 is 0 Å². The monoisotopic (exact) mass is 527 g/mol. The number of benzene rings is 1. The molecule has 1 aliphatic rings.